The number of carbonyl (C=O) groups excluding carboxylic acids is 1. The van der Waals surface area contributed by atoms with Gasteiger partial charge >= 0.3 is 6.18 Å². The van der Waals surface area contributed by atoms with E-state index >= 15 is 0 Å². The van der Waals surface area contributed by atoms with Crippen LogP contribution in [0.5, 0.6) is 11.5 Å². The van der Waals surface area contributed by atoms with Gasteiger partial charge in [-0.05, 0) is 66.6 Å². The number of nitrogens with one attached hydrogen (secondary N) is 1. The van der Waals surface area contributed by atoms with E-state index in [9.17, 15) is 33.3 Å². The summed E-state index contributed by atoms with van der Waals surface area (Å²) in [6, 6.07) is 16.4. The maximum Gasteiger partial charge on any atom is 0.416 e. The topological polar surface area (TPSA) is 114 Å². The zero-order valence-electron chi connectivity index (χ0n) is 19.4. The smallest absolute Gasteiger partial charge is 0.416 e. The van der Waals surface area contributed by atoms with Crippen molar-refractivity contribution in [3.8, 4) is 17.6 Å². The minimum Gasteiger partial charge on any atom is -0.490 e. The fourth-order valence-electron chi connectivity index (χ4n) is 3.16. The molecule has 37 heavy (non-hydrogen) atoms. The van der Waals surface area contributed by atoms with Crippen LogP contribution in [0.1, 0.15) is 23.6 Å². The first-order chi connectivity index (χ1) is 17.6. The highest BCUT2D eigenvalue weighted by Crippen LogP contribution is 2.32. The standard InChI is InChI=1S/C26H20F3N3O5/c1-2-36-24-13-18(8-11-23(24)37-16-17-6-9-22(10-7-17)32(34)35)12-19(15-30)25(33)31-21-5-3-4-20(14-21)26(27,28)29/h3-14H,2,16H2,1H3,(H,31,33)/b19-12+. The summed E-state index contributed by atoms with van der Waals surface area (Å²) >= 11 is 0. The quantitative estimate of drug-likeness (QED) is 0.160. The second kappa shape index (κ2) is 11.7. The predicted molar refractivity (Wildman–Crippen MR) is 129 cm³/mol. The minimum absolute atomic E-state index is 0.0414. The van der Waals surface area contributed by atoms with Crippen LogP contribution >= 0.6 is 0 Å². The van der Waals surface area contributed by atoms with Crippen molar-refractivity contribution < 1.29 is 32.4 Å². The van der Waals surface area contributed by atoms with Gasteiger partial charge in [-0.15, -0.1) is 0 Å². The van der Waals surface area contributed by atoms with Gasteiger partial charge in [0.15, 0.2) is 11.5 Å². The van der Waals surface area contributed by atoms with E-state index in [-0.39, 0.29) is 23.6 Å². The number of anilines is 1. The lowest BCUT2D eigenvalue weighted by atomic mass is 10.1. The van der Waals surface area contributed by atoms with Crippen LogP contribution < -0.4 is 14.8 Å². The molecule has 0 spiro atoms. The van der Waals surface area contributed by atoms with E-state index in [4.69, 9.17) is 9.47 Å². The van der Waals surface area contributed by atoms with Crippen molar-refractivity contribution in [3.05, 3.63) is 99.1 Å². The van der Waals surface area contributed by atoms with E-state index < -0.39 is 22.6 Å². The van der Waals surface area contributed by atoms with E-state index in [1.165, 1.54) is 24.3 Å². The molecule has 3 aromatic rings. The van der Waals surface area contributed by atoms with Crippen LogP contribution in [-0.2, 0) is 17.6 Å². The van der Waals surface area contributed by atoms with Gasteiger partial charge < -0.3 is 14.8 Å². The van der Waals surface area contributed by atoms with Crippen LogP contribution in [0.3, 0.4) is 0 Å². The van der Waals surface area contributed by atoms with Crippen molar-refractivity contribution in [2.45, 2.75) is 19.7 Å². The van der Waals surface area contributed by atoms with E-state index in [0.29, 0.717) is 29.2 Å². The van der Waals surface area contributed by atoms with E-state index in [0.717, 1.165) is 18.2 Å². The molecule has 0 aromatic heterocycles. The zero-order valence-corrected chi connectivity index (χ0v) is 19.4. The Balaban J connectivity index is 1.77. The third kappa shape index (κ3) is 7.32. The molecule has 0 fully saturated rings. The van der Waals surface area contributed by atoms with Crippen LogP contribution in [0.2, 0.25) is 0 Å². The van der Waals surface area contributed by atoms with Crippen LogP contribution in [0.15, 0.2) is 72.3 Å². The molecule has 190 valence electrons. The molecular formula is C26H20F3N3O5. The van der Waals surface area contributed by atoms with Gasteiger partial charge in [-0.2, -0.15) is 18.4 Å². The molecule has 1 amide bonds. The number of non-ortho nitro benzene ring substituents is 1. The van der Waals surface area contributed by atoms with Gasteiger partial charge in [-0.1, -0.05) is 12.1 Å². The Kier molecular flexibility index (Phi) is 8.47. The molecular weight excluding hydrogens is 491 g/mol. The molecule has 1 N–H and O–H groups in total. The van der Waals surface area contributed by atoms with Gasteiger partial charge in [0.2, 0.25) is 0 Å². The molecule has 11 heteroatoms. The largest absolute Gasteiger partial charge is 0.490 e. The highest BCUT2D eigenvalue weighted by molar-refractivity contribution is 6.09. The van der Waals surface area contributed by atoms with Crippen molar-refractivity contribution in [1.82, 2.24) is 0 Å². The number of alkyl halides is 3. The number of nitro groups is 1. The van der Waals surface area contributed by atoms with E-state index in [1.807, 2.05) is 0 Å². The summed E-state index contributed by atoms with van der Waals surface area (Å²) < 4.78 is 50.1. The molecule has 0 saturated carbocycles. The van der Waals surface area contributed by atoms with Gasteiger partial charge in [0.1, 0.15) is 18.2 Å². The first-order valence-electron chi connectivity index (χ1n) is 10.8. The van der Waals surface area contributed by atoms with Crippen molar-refractivity contribution >= 4 is 23.4 Å². The number of rotatable bonds is 9. The monoisotopic (exact) mass is 511 g/mol. The molecule has 8 nitrogen and oxygen atoms in total. The summed E-state index contributed by atoms with van der Waals surface area (Å²) in [5.74, 6) is -0.184. The summed E-state index contributed by atoms with van der Waals surface area (Å²) in [5, 5.41) is 22.5. The van der Waals surface area contributed by atoms with E-state index in [2.05, 4.69) is 5.32 Å². The van der Waals surface area contributed by atoms with Gasteiger partial charge in [0.25, 0.3) is 11.6 Å². The average Bonchev–Trinajstić information content (AvgIpc) is 2.86. The molecule has 3 rings (SSSR count). The summed E-state index contributed by atoms with van der Waals surface area (Å²) in [6.45, 7) is 2.16. The Labute approximate surface area is 209 Å². The number of amides is 1. The molecule has 0 aliphatic heterocycles. The molecule has 0 heterocycles. The summed E-state index contributed by atoms with van der Waals surface area (Å²) in [7, 11) is 0. The summed E-state index contributed by atoms with van der Waals surface area (Å²) in [6.07, 6.45) is -3.31. The second-order valence-electron chi connectivity index (χ2n) is 7.55. The maximum atomic E-state index is 12.9. The Morgan fingerprint density at radius 2 is 1.81 bits per heavy atom. The first kappa shape index (κ1) is 26.7. The van der Waals surface area contributed by atoms with Crippen LogP contribution in [0, 0.1) is 21.4 Å². The molecule has 0 unspecified atom stereocenters. The summed E-state index contributed by atoms with van der Waals surface area (Å²) in [5.41, 5.74) is -0.305. The second-order valence-corrected chi connectivity index (χ2v) is 7.55. The lowest BCUT2D eigenvalue weighted by Crippen LogP contribution is -2.14. The molecule has 0 atom stereocenters. The van der Waals surface area contributed by atoms with Crippen molar-refractivity contribution in [1.29, 1.82) is 5.26 Å². The Morgan fingerprint density at radius 1 is 1.08 bits per heavy atom. The van der Waals surface area contributed by atoms with Gasteiger partial charge in [0, 0.05) is 17.8 Å². The molecule has 0 bridgehead atoms. The van der Waals surface area contributed by atoms with Gasteiger partial charge in [0.05, 0.1) is 17.1 Å². The van der Waals surface area contributed by atoms with Crippen molar-refractivity contribution in [3.63, 3.8) is 0 Å². The third-order valence-electron chi connectivity index (χ3n) is 4.93. The van der Waals surface area contributed by atoms with Gasteiger partial charge in [-0.3, -0.25) is 14.9 Å². The normalized spacial score (nSPS) is 11.4. The molecule has 3 aromatic carbocycles. The van der Waals surface area contributed by atoms with Crippen molar-refractivity contribution in [2.75, 3.05) is 11.9 Å². The lowest BCUT2D eigenvalue weighted by Gasteiger charge is -2.13. The minimum atomic E-state index is -4.58. The van der Waals surface area contributed by atoms with Crippen LogP contribution in [0.4, 0.5) is 24.5 Å². The highest BCUT2D eigenvalue weighted by atomic mass is 19.4. The lowest BCUT2D eigenvalue weighted by molar-refractivity contribution is -0.384. The zero-order chi connectivity index (χ0) is 27.0. The Bertz CT molecular complexity index is 1360. The number of hydrogen-bond acceptors (Lipinski definition) is 6. The Morgan fingerprint density at radius 3 is 2.43 bits per heavy atom. The number of ether oxygens (including phenoxy) is 2. The number of nitrogens with zero attached hydrogens (tertiary/aromatic N) is 2. The maximum absolute atomic E-state index is 12.9. The number of halogens is 3. The van der Waals surface area contributed by atoms with Crippen LogP contribution in [-0.4, -0.2) is 17.4 Å². The number of nitriles is 1. The number of carbonyl (C=O) groups is 1. The first-order valence-corrected chi connectivity index (χ1v) is 10.8. The van der Waals surface area contributed by atoms with Gasteiger partial charge in [-0.25, -0.2) is 0 Å². The molecule has 0 aliphatic rings. The molecule has 0 radical (unpaired) electrons. The molecule has 0 saturated heterocycles. The predicted octanol–water partition coefficient (Wildman–Crippen LogP) is 6.14. The van der Waals surface area contributed by atoms with Crippen molar-refractivity contribution in [2.24, 2.45) is 0 Å². The fourth-order valence-corrected chi connectivity index (χ4v) is 3.16. The summed E-state index contributed by atoms with van der Waals surface area (Å²) in [4.78, 5) is 22.8. The third-order valence-corrected chi connectivity index (χ3v) is 4.93. The SMILES string of the molecule is CCOc1cc(/C=C(\C#N)C(=O)Nc2cccc(C(F)(F)F)c2)ccc1OCc1ccc([N+](=O)[O-])cc1. The number of benzene rings is 3. The number of nitro benzene ring substituents is 1. The molecule has 0 aliphatic carbocycles. The average molecular weight is 511 g/mol. The fraction of sp³-hybridized carbons (Fsp3) is 0.154. The van der Waals surface area contributed by atoms with Crippen LogP contribution in [0.25, 0.3) is 6.08 Å². The van der Waals surface area contributed by atoms with E-state index in [1.54, 1.807) is 43.3 Å². The Hall–Kier alpha value is -4.85. The highest BCUT2D eigenvalue weighted by Gasteiger charge is 2.30. The number of hydrogen-bond donors (Lipinski definition) is 1.